The zero-order valence-corrected chi connectivity index (χ0v) is 18.6. The van der Waals surface area contributed by atoms with E-state index < -0.39 is 11.5 Å². The van der Waals surface area contributed by atoms with Crippen LogP contribution in [-0.4, -0.2) is 22.4 Å². The van der Waals surface area contributed by atoms with Crippen LogP contribution in [0.2, 0.25) is 0 Å². The van der Waals surface area contributed by atoms with Crippen molar-refractivity contribution in [3.05, 3.63) is 86.7 Å². The highest BCUT2D eigenvalue weighted by atomic mass is 79.9. The Morgan fingerprint density at radius 2 is 1.88 bits per heavy atom. The van der Waals surface area contributed by atoms with Crippen molar-refractivity contribution in [2.45, 2.75) is 6.92 Å². The summed E-state index contributed by atoms with van der Waals surface area (Å²) < 4.78 is 7.11. The summed E-state index contributed by atoms with van der Waals surface area (Å²) in [6, 6.07) is 19.7. The van der Waals surface area contributed by atoms with Gasteiger partial charge in [-0.15, -0.1) is 0 Å². The number of carbonyl (C=O) groups excluding carboxylic acids is 1. The van der Waals surface area contributed by atoms with E-state index in [0.717, 1.165) is 14.7 Å². The van der Waals surface area contributed by atoms with Crippen molar-refractivity contribution in [2.24, 2.45) is 0 Å². The second-order valence-corrected chi connectivity index (χ2v) is 7.79. The van der Waals surface area contributed by atoms with Gasteiger partial charge in [-0.1, -0.05) is 46.3 Å². The Morgan fingerprint density at radius 3 is 2.50 bits per heavy atom. The summed E-state index contributed by atoms with van der Waals surface area (Å²) in [4.78, 5) is 26.2. The highest BCUT2D eigenvalue weighted by Crippen LogP contribution is 2.34. The molecule has 0 radical (unpaired) electrons. The van der Waals surface area contributed by atoms with E-state index in [1.807, 2.05) is 30.3 Å². The maximum absolute atomic E-state index is 13.4. The van der Waals surface area contributed by atoms with Crippen molar-refractivity contribution in [1.29, 1.82) is 5.26 Å². The SMILES string of the molecule is CCOC(=O)c1nn(-c2ccc(Br)cc2)c(=O)c2c(N)c(C#N)c(-c3ccccc3)cc12. The average molecular weight is 489 g/mol. The molecule has 158 valence electrons. The number of esters is 1. The van der Waals surface area contributed by atoms with Crippen LogP contribution in [0.1, 0.15) is 23.0 Å². The number of anilines is 1. The Bertz CT molecular complexity index is 1440. The molecule has 0 atom stereocenters. The molecule has 4 rings (SSSR count). The van der Waals surface area contributed by atoms with E-state index in [2.05, 4.69) is 27.1 Å². The molecule has 0 amide bonds. The number of rotatable bonds is 4. The number of nitrogens with zero attached hydrogens (tertiary/aromatic N) is 3. The molecule has 0 saturated heterocycles. The van der Waals surface area contributed by atoms with Crippen LogP contribution in [0.4, 0.5) is 5.69 Å². The lowest BCUT2D eigenvalue weighted by atomic mass is 9.94. The molecule has 0 bridgehead atoms. The zero-order chi connectivity index (χ0) is 22.8. The van der Waals surface area contributed by atoms with Gasteiger partial charge in [0.05, 0.1) is 28.9 Å². The Morgan fingerprint density at radius 1 is 1.19 bits per heavy atom. The third kappa shape index (κ3) is 3.63. The lowest BCUT2D eigenvalue weighted by molar-refractivity contribution is 0.0520. The molecule has 2 N–H and O–H groups in total. The largest absolute Gasteiger partial charge is 0.461 e. The van der Waals surface area contributed by atoms with Crippen molar-refractivity contribution in [2.75, 3.05) is 12.3 Å². The Hall–Kier alpha value is -3.96. The fraction of sp³-hybridized carbons (Fsp3) is 0.0833. The summed E-state index contributed by atoms with van der Waals surface area (Å²) in [5.41, 5.74) is 7.59. The van der Waals surface area contributed by atoms with Crippen LogP contribution in [0.25, 0.3) is 27.6 Å². The van der Waals surface area contributed by atoms with Gasteiger partial charge >= 0.3 is 5.97 Å². The first-order valence-corrected chi connectivity index (χ1v) is 10.5. The van der Waals surface area contributed by atoms with Gasteiger partial charge in [0.25, 0.3) is 5.56 Å². The highest BCUT2D eigenvalue weighted by Gasteiger charge is 2.24. The number of hydrogen-bond donors (Lipinski definition) is 1. The number of benzene rings is 3. The number of nitriles is 1. The van der Waals surface area contributed by atoms with Crippen LogP contribution in [0.15, 0.2) is 69.9 Å². The molecular formula is C24H17BrN4O3. The number of aromatic nitrogens is 2. The molecule has 0 aliphatic heterocycles. The minimum absolute atomic E-state index is 0.00679. The minimum atomic E-state index is -0.688. The number of ether oxygens (including phenoxy) is 1. The summed E-state index contributed by atoms with van der Waals surface area (Å²) in [5.74, 6) is -0.688. The van der Waals surface area contributed by atoms with Crippen molar-refractivity contribution in [3.8, 4) is 22.9 Å². The molecule has 0 unspecified atom stereocenters. The molecule has 32 heavy (non-hydrogen) atoms. The van der Waals surface area contributed by atoms with E-state index in [-0.39, 0.29) is 34.3 Å². The number of hydrogen-bond acceptors (Lipinski definition) is 6. The third-order valence-electron chi connectivity index (χ3n) is 4.96. The second-order valence-electron chi connectivity index (χ2n) is 6.88. The van der Waals surface area contributed by atoms with Crippen LogP contribution in [0.5, 0.6) is 0 Å². The third-order valence-corrected chi connectivity index (χ3v) is 5.49. The average Bonchev–Trinajstić information content (AvgIpc) is 2.80. The molecule has 0 aliphatic rings. The predicted molar refractivity (Wildman–Crippen MR) is 126 cm³/mol. The fourth-order valence-corrected chi connectivity index (χ4v) is 3.76. The first kappa shape index (κ1) is 21.3. The zero-order valence-electron chi connectivity index (χ0n) is 17.0. The van der Waals surface area contributed by atoms with Gasteiger partial charge in [-0.2, -0.15) is 15.0 Å². The Kier molecular flexibility index (Phi) is 5.75. The van der Waals surface area contributed by atoms with Gasteiger partial charge in [-0.3, -0.25) is 4.79 Å². The summed E-state index contributed by atoms with van der Waals surface area (Å²) in [6.45, 7) is 1.82. The highest BCUT2D eigenvalue weighted by molar-refractivity contribution is 9.10. The molecule has 1 aromatic heterocycles. The number of nitrogens with two attached hydrogens (primary N) is 1. The molecule has 0 spiro atoms. The van der Waals surface area contributed by atoms with Gasteiger partial charge < -0.3 is 10.5 Å². The number of carbonyl (C=O) groups is 1. The first-order chi connectivity index (χ1) is 15.5. The predicted octanol–water partition coefficient (Wildman–Crippen LogP) is 4.45. The molecule has 8 heteroatoms. The molecule has 3 aromatic carbocycles. The van der Waals surface area contributed by atoms with Crippen LogP contribution in [0, 0.1) is 11.3 Å². The summed E-state index contributed by atoms with van der Waals surface area (Å²) in [5, 5.41) is 14.4. The number of fused-ring (bicyclic) bond motifs is 1. The lowest BCUT2D eigenvalue weighted by Crippen LogP contribution is -2.26. The number of halogens is 1. The van der Waals surface area contributed by atoms with Crippen molar-refractivity contribution in [1.82, 2.24) is 9.78 Å². The number of nitrogen functional groups attached to an aromatic ring is 1. The molecule has 0 aliphatic carbocycles. The molecule has 7 nitrogen and oxygen atoms in total. The van der Waals surface area contributed by atoms with E-state index in [9.17, 15) is 14.9 Å². The van der Waals surface area contributed by atoms with Crippen molar-refractivity contribution in [3.63, 3.8) is 0 Å². The van der Waals surface area contributed by atoms with E-state index in [4.69, 9.17) is 10.5 Å². The van der Waals surface area contributed by atoms with Crippen LogP contribution in [-0.2, 0) is 4.74 Å². The van der Waals surface area contributed by atoms with Crippen LogP contribution in [0.3, 0.4) is 0 Å². The van der Waals surface area contributed by atoms with Gasteiger partial charge in [0.2, 0.25) is 0 Å². The van der Waals surface area contributed by atoms with Crippen molar-refractivity contribution >= 4 is 38.4 Å². The topological polar surface area (TPSA) is 111 Å². The van der Waals surface area contributed by atoms with E-state index in [1.54, 1.807) is 37.3 Å². The lowest BCUT2D eigenvalue weighted by Gasteiger charge is -2.15. The first-order valence-electron chi connectivity index (χ1n) is 9.74. The quantitative estimate of drug-likeness (QED) is 0.335. The minimum Gasteiger partial charge on any atom is -0.461 e. The van der Waals surface area contributed by atoms with Gasteiger partial charge in [0.1, 0.15) is 6.07 Å². The van der Waals surface area contributed by atoms with E-state index in [0.29, 0.717) is 11.3 Å². The summed E-state index contributed by atoms with van der Waals surface area (Å²) in [6.07, 6.45) is 0. The normalized spacial score (nSPS) is 10.7. The van der Waals surface area contributed by atoms with E-state index >= 15 is 0 Å². The smallest absolute Gasteiger partial charge is 0.359 e. The Labute approximate surface area is 191 Å². The molecule has 0 saturated carbocycles. The maximum Gasteiger partial charge on any atom is 0.359 e. The fourth-order valence-electron chi connectivity index (χ4n) is 3.50. The van der Waals surface area contributed by atoms with Gasteiger partial charge in [0.15, 0.2) is 5.69 Å². The summed E-state index contributed by atoms with van der Waals surface area (Å²) in [7, 11) is 0. The van der Waals surface area contributed by atoms with Gasteiger partial charge in [-0.05, 0) is 42.8 Å². The maximum atomic E-state index is 13.4. The molecule has 1 heterocycles. The van der Waals surface area contributed by atoms with E-state index in [1.165, 1.54) is 0 Å². The molecule has 0 fully saturated rings. The Balaban J connectivity index is 2.14. The second kappa shape index (κ2) is 8.65. The van der Waals surface area contributed by atoms with Crippen LogP contribution < -0.4 is 11.3 Å². The summed E-state index contributed by atoms with van der Waals surface area (Å²) >= 11 is 3.36. The monoisotopic (exact) mass is 488 g/mol. The van der Waals surface area contributed by atoms with Crippen LogP contribution >= 0.6 is 15.9 Å². The molecular weight excluding hydrogens is 472 g/mol. The van der Waals surface area contributed by atoms with Gasteiger partial charge in [0, 0.05) is 15.4 Å². The van der Waals surface area contributed by atoms with Gasteiger partial charge in [-0.25, -0.2) is 4.79 Å². The standard InChI is InChI=1S/C24H17BrN4O3/c1-2-32-24(31)22-18-12-17(14-6-4-3-5-7-14)19(13-26)21(27)20(18)23(30)29(28-22)16-10-8-15(25)9-11-16/h3-12H,2,27H2,1H3. The van der Waals surface area contributed by atoms with Crippen molar-refractivity contribution < 1.29 is 9.53 Å². The molecule has 4 aromatic rings.